The molecule has 0 radical (unpaired) electrons. The lowest BCUT2D eigenvalue weighted by molar-refractivity contribution is 0.0318. The minimum atomic E-state index is -3.16. The van der Waals surface area contributed by atoms with E-state index < -0.39 is 10.0 Å². The average molecular weight is 500 g/mol. The molecule has 188 valence electrons. The van der Waals surface area contributed by atoms with Gasteiger partial charge in [0, 0.05) is 69.5 Å². The van der Waals surface area contributed by atoms with Crippen LogP contribution in [0, 0.1) is 0 Å². The molecule has 2 saturated heterocycles. The zero-order chi connectivity index (χ0) is 24.3. The lowest BCUT2D eigenvalue weighted by atomic mass is 10.0. The predicted octanol–water partition coefficient (Wildman–Crippen LogP) is 0.373. The summed E-state index contributed by atoms with van der Waals surface area (Å²) in [5, 5.41) is 10.2. The molecule has 0 bridgehead atoms. The minimum absolute atomic E-state index is 0.102. The van der Waals surface area contributed by atoms with Crippen LogP contribution in [0.2, 0.25) is 0 Å². The molecule has 2 atom stereocenters. The van der Waals surface area contributed by atoms with Crippen molar-refractivity contribution in [3.05, 3.63) is 48.3 Å². The van der Waals surface area contributed by atoms with Crippen molar-refractivity contribution in [1.29, 1.82) is 0 Å². The van der Waals surface area contributed by atoms with Gasteiger partial charge >= 0.3 is 0 Å². The molecule has 10 nitrogen and oxygen atoms in total. The number of nitrogens with one attached hydrogen (secondary N) is 3. The summed E-state index contributed by atoms with van der Waals surface area (Å²) >= 11 is 0. The van der Waals surface area contributed by atoms with Crippen LogP contribution < -0.4 is 20.9 Å². The maximum absolute atomic E-state index is 11.9. The molecule has 0 aliphatic carbocycles. The first-order valence-corrected chi connectivity index (χ1v) is 14.0. The number of amidine groups is 1. The minimum Gasteiger partial charge on any atom is -0.375 e. The monoisotopic (exact) mass is 499 g/mol. The fraction of sp³-hybridized carbons (Fsp3) is 0.500. The number of fused-ring (bicyclic) bond motifs is 1. The summed E-state index contributed by atoms with van der Waals surface area (Å²) in [5.74, 6) is 0.831. The number of ether oxygens (including phenoxy) is 1. The summed E-state index contributed by atoms with van der Waals surface area (Å²) in [6.07, 6.45) is 7.82. The second kappa shape index (κ2) is 10.5. The van der Waals surface area contributed by atoms with E-state index in [4.69, 9.17) is 9.73 Å². The van der Waals surface area contributed by atoms with E-state index in [1.54, 1.807) is 10.5 Å². The van der Waals surface area contributed by atoms with Gasteiger partial charge in [-0.25, -0.2) is 17.7 Å². The van der Waals surface area contributed by atoms with Crippen LogP contribution in [0.3, 0.4) is 0 Å². The van der Waals surface area contributed by atoms with Crippen LogP contribution in [0.15, 0.2) is 52.7 Å². The van der Waals surface area contributed by atoms with Gasteiger partial charge in [0.15, 0.2) is 0 Å². The number of rotatable bonds is 5. The van der Waals surface area contributed by atoms with Crippen molar-refractivity contribution >= 4 is 33.0 Å². The lowest BCUT2D eigenvalue weighted by Gasteiger charge is -2.30. The Labute approximate surface area is 206 Å². The van der Waals surface area contributed by atoms with Gasteiger partial charge in [-0.1, -0.05) is 12.1 Å². The first kappa shape index (κ1) is 24.0. The number of sulfonamides is 1. The standard InChI is InChI=1S/C24H33N7O3S/c1-35(32,33)31-11-2-10-30(12-13-31)19-5-3-18(4-6-19)21-15-22-23(27-8-7-26-22)24(29-21)28-17-20-16-25-9-14-34-20/h3-8,15,20,23,25,27H,2,9-14,16-17H2,1H3,(H,28,29)/t20-,23+/m0/s1. The highest BCUT2D eigenvalue weighted by molar-refractivity contribution is 7.88. The summed E-state index contributed by atoms with van der Waals surface area (Å²) in [4.78, 5) is 11.8. The lowest BCUT2D eigenvalue weighted by Crippen LogP contribution is -2.53. The van der Waals surface area contributed by atoms with Gasteiger partial charge in [0.05, 0.1) is 30.4 Å². The van der Waals surface area contributed by atoms with Crippen molar-refractivity contribution in [1.82, 2.24) is 20.3 Å². The van der Waals surface area contributed by atoms with E-state index in [1.165, 1.54) is 6.26 Å². The molecule has 3 N–H and O–H groups in total. The van der Waals surface area contributed by atoms with Gasteiger partial charge in [-0.05, 0) is 24.6 Å². The second-order valence-corrected chi connectivity index (χ2v) is 11.1. The molecule has 4 aliphatic heterocycles. The molecule has 0 amide bonds. The third-order valence-electron chi connectivity index (χ3n) is 6.62. The fourth-order valence-electron chi connectivity index (χ4n) is 4.71. The Morgan fingerprint density at radius 3 is 2.80 bits per heavy atom. The van der Waals surface area contributed by atoms with Gasteiger partial charge in [-0.2, -0.15) is 0 Å². The summed E-state index contributed by atoms with van der Waals surface area (Å²) in [6, 6.07) is 8.22. The van der Waals surface area contributed by atoms with Crippen molar-refractivity contribution < 1.29 is 13.2 Å². The van der Waals surface area contributed by atoms with E-state index in [-0.39, 0.29) is 12.1 Å². The van der Waals surface area contributed by atoms with Crippen LogP contribution in [0.25, 0.3) is 5.70 Å². The largest absolute Gasteiger partial charge is 0.375 e. The zero-order valence-corrected chi connectivity index (χ0v) is 20.8. The number of hydrogen-bond donors (Lipinski definition) is 3. The van der Waals surface area contributed by atoms with Crippen molar-refractivity contribution in [3.63, 3.8) is 0 Å². The van der Waals surface area contributed by atoms with Crippen molar-refractivity contribution in [2.45, 2.75) is 18.6 Å². The van der Waals surface area contributed by atoms with E-state index >= 15 is 0 Å². The Morgan fingerprint density at radius 2 is 2.03 bits per heavy atom. The van der Waals surface area contributed by atoms with Crippen LogP contribution in [0.1, 0.15) is 12.0 Å². The van der Waals surface area contributed by atoms with Crippen LogP contribution in [0.4, 0.5) is 5.69 Å². The Kier molecular flexibility index (Phi) is 7.19. The van der Waals surface area contributed by atoms with E-state index in [1.807, 2.05) is 12.3 Å². The number of morpholine rings is 1. The van der Waals surface area contributed by atoms with Gasteiger partial charge in [0.25, 0.3) is 0 Å². The molecule has 4 heterocycles. The third-order valence-corrected chi connectivity index (χ3v) is 7.93. The molecule has 0 spiro atoms. The molecule has 0 unspecified atom stereocenters. The molecular weight excluding hydrogens is 466 g/mol. The van der Waals surface area contributed by atoms with E-state index in [2.05, 4.69) is 50.1 Å². The quantitative estimate of drug-likeness (QED) is 0.537. The van der Waals surface area contributed by atoms with E-state index in [9.17, 15) is 8.42 Å². The molecular formula is C24H33N7O3S. The average Bonchev–Trinajstić information content (AvgIpc) is 3.15. The van der Waals surface area contributed by atoms with E-state index in [0.717, 1.165) is 61.2 Å². The number of nitrogens with zero attached hydrogens (tertiary/aromatic N) is 4. The highest BCUT2D eigenvalue weighted by atomic mass is 32.2. The normalized spacial score (nSPS) is 25.5. The molecule has 35 heavy (non-hydrogen) atoms. The molecule has 0 aromatic heterocycles. The third kappa shape index (κ3) is 5.75. The summed E-state index contributed by atoms with van der Waals surface area (Å²) in [5.41, 5.74) is 3.86. The molecule has 1 aromatic rings. The van der Waals surface area contributed by atoms with Gasteiger partial charge in [0.2, 0.25) is 10.0 Å². The number of anilines is 1. The van der Waals surface area contributed by atoms with Crippen molar-refractivity contribution in [3.8, 4) is 0 Å². The predicted molar refractivity (Wildman–Crippen MR) is 139 cm³/mol. The second-order valence-electron chi connectivity index (χ2n) is 9.12. The maximum Gasteiger partial charge on any atom is 0.211 e. The maximum atomic E-state index is 11.9. The van der Waals surface area contributed by atoms with Crippen molar-refractivity contribution in [2.24, 2.45) is 9.98 Å². The SMILES string of the molecule is CS(=O)(=O)N1CCCN(c2ccc(C3=CC4=NC=CN[C@H]4C(NC[C@@H]4CNCCO4)=N3)cc2)CC1. The highest BCUT2D eigenvalue weighted by Crippen LogP contribution is 2.25. The van der Waals surface area contributed by atoms with Gasteiger partial charge in [-0.3, -0.25) is 4.99 Å². The molecule has 2 fully saturated rings. The van der Waals surface area contributed by atoms with E-state index in [0.29, 0.717) is 26.2 Å². The zero-order valence-electron chi connectivity index (χ0n) is 20.0. The number of aliphatic imine (C=N–C) groups is 2. The summed E-state index contributed by atoms with van der Waals surface area (Å²) in [6.45, 7) is 5.68. The topological polar surface area (TPSA) is 111 Å². The van der Waals surface area contributed by atoms with Crippen LogP contribution in [-0.4, -0.2) is 95.1 Å². The summed E-state index contributed by atoms with van der Waals surface area (Å²) < 4.78 is 31.2. The van der Waals surface area contributed by atoms with Gasteiger partial charge in [-0.15, -0.1) is 0 Å². The Bertz CT molecular complexity index is 1140. The van der Waals surface area contributed by atoms with Gasteiger partial charge in [0.1, 0.15) is 11.9 Å². The number of hydrogen-bond acceptors (Lipinski definition) is 9. The highest BCUT2D eigenvalue weighted by Gasteiger charge is 2.28. The molecule has 5 rings (SSSR count). The van der Waals surface area contributed by atoms with Crippen LogP contribution >= 0.6 is 0 Å². The molecule has 1 aromatic carbocycles. The van der Waals surface area contributed by atoms with Crippen LogP contribution in [-0.2, 0) is 14.8 Å². The van der Waals surface area contributed by atoms with Gasteiger partial charge < -0.3 is 25.6 Å². The number of benzene rings is 1. The smallest absolute Gasteiger partial charge is 0.211 e. The molecule has 4 aliphatic rings. The van der Waals surface area contributed by atoms with Crippen molar-refractivity contribution in [2.75, 3.05) is 63.6 Å². The fourth-order valence-corrected chi connectivity index (χ4v) is 5.59. The molecule has 0 saturated carbocycles. The molecule has 11 heteroatoms. The Balaban J connectivity index is 1.31. The first-order valence-electron chi connectivity index (χ1n) is 12.1. The first-order chi connectivity index (χ1) is 17.0. The van der Waals surface area contributed by atoms with Crippen LogP contribution in [0.5, 0.6) is 0 Å². The Morgan fingerprint density at radius 1 is 1.17 bits per heavy atom. The summed E-state index contributed by atoms with van der Waals surface area (Å²) in [7, 11) is -3.16. The Hall–Kier alpha value is -2.73.